The fourth-order valence-electron chi connectivity index (χ4n) is 1.21. The van der Waals surface area contributed by atoms with Crippen molar-refractivity contribution >= 4 is 60.4 Å². The highest BCUT2D eigenvalue weighted by Gasteiger charge is 2.28. The Labute approximate surface area is 133 Å². The molecule has 0 unspecified atom stereocenters. The van der Waals surface area contributed by atoms with Gasteiger partial charge in [-0.3, -0.25) is 4.79 Å². The normalized spacial score (nSPS) is 11.4. The van der Waals surface area contributed by atoms with Crippen molar-refractivity contribution in [1.82, 2.24) is 4.90 Å². The van der Waals surface area contributed by atoms with Crippen molar-refractivity contribution in [3.8, 4) is 0 Å². The number of carbonyl (C=O) groups excluding carboxylic acids is 1. The van der Waals surface area contributed by atoms with Gasteiger partial charge in [0.15, 0.2) is 0 Å². The zero-order valence-electron chi connectivity index (χ0n) is 9.93. The highest BCUT2D eigenvalue weighted by molar-refractivity contribution is 14.1. The average molecular weight is 475 g/mol. The number of carbonyl (C=O) groups is 1. The maximum atomic E-state index is 12.4. The average Bonchev–Trinajstić information content (AvgIpc) is 2.30. The van der Waals surface area contributed by atoms with Crippen LogP contribution < -0.4 is 0 Å². The molecule has 0 heterocycles. The van der Waals surface area contributed by atoms with Crippen molar-refractivity contribution in [1.29, 1.82) is 0 Å². The molecule has 17 heavy (non-hydrogen) atoms. The van der Waals surface area contributed by atoms with Crippen molar-refractivity contribution in [2.45, 2.75) is 19.4 Å². The molecule has 94 valence electrons. The molecule has 5 heteroatoms. The summed E-state index contributed by atoms with van der Waals surface area (Å²) in [6.45, 7) is 4.06. The molecule has 0 aliphatic carbocycles. The lowest BCUT2D eigenvalue weighted by Gasteiger charge is -2.34. The first-order valence-electron chi connectivity index (χ1n) is 5.09. The summed E-state index contributed by atoms with van der Waals surface area (Å²) in [5.41, 5.74) is 0.527. The van der Waals surface area contributed by atoms with E-state index in [1.165, 1.54) is 0 Å². The van der Waals surface area contributed by atoms with E-state index in [2.05, 4.69) is 54.5 Å². The van der Waals surface area contributed by atoms with Crippen LogP contribution in [-0.4, -0.2) is 28.7 Å². The van der Waals surface area contributed by atoms with Gasteiger partial charge < -0.3 is 4.90 Å². The minimum atomic E-state index is -0.206. The van der Waals surface area contributed by atoms with Gasteiger partial charge in [-0.05, 0) is 54.6 Å². The molecule has 0 aliphatic rings. The summed E-state index contributed by atoms with van der Waals surface area (Å²) in [4.78, 5) is 14.2. The van der Waals surface area contributed by atoms with Gasteiger partial charge in [-0.15, -0.1) is 0 Å². The van der Waals surface area contributed by atoms with E-state index in [0.717, 1.165) is 18.9 Å². The molecule has 0 saturated heterocycles. The molecule has 1 rings (SSSR count). The molecule has 1 aromatic carbocycles. The number of hydrogen-bond acceptors (Lipinski definition) is 1. The minimum Gasteiger partial charge on any atom is -0.336 e. The Hall–Kier alpha value is 0.380. The second kappa shape index (κ2) is 6.02. The quantitative estimate of drug-likeness (QED) is 0.472. The van der Waals surface area contributed by atoms with Crippen LogP contribution in [0.4, 0.5) is 0 Å². The third-order valence-corrected chi connectivity index (χ3v) is 5.50. The standard InChI is InChI=1S/C12H14Br2INO/c1-12(2,7-13)16(3)11(17)9-6-8(14)4-5-10(9)15/h4-6H,7H2,1-3H3. The van der Waals surface area contributed by atoms with E-state index in [9.17, 15) is 4.79 Å². The largest absolute Gasteiger partial charge is 0.336 e. The van der Waals surface area contributed by atoms with Gasteiger partial charge >= 0.3 is 0 Å². The van der Waals surface area contributed by atoms with E-state index < -0.39 is 0 Å². The molecular formula is C12H14Br2INO. The van der Waals surface area contributed by atoms with E-state index in [1.54, 1.807) is 4.90 Å². The third kappa shape index (κ3) is 3.67. The van der Waals surface area contributed by atoms with Crippen LogP contribution in [0.15, 0.2) is 22.7 Å². The molecular weight excluding hydrogens is 461 g/mol. The second-order valence-corrected chi connectivity index (χ2v) is 7.07. The predicted molar refractivity (Wildman–Crippen MR) is 86.8 cm³/mol. The number of benzene rings is 1. The smallest absolute Gasteiger partial charge is 0.255 e. The molecule has 1 aromatic rings. The summed E-state index contributed by atoms with van der Waals surface area (Å²) < 4.78 is 1.89. The monoisotopic (exact) mass is 473 g/mol. The molecule has 1 amide bonds. The van der Waals surface area contributed by atoms with Crippen LogP contribution >= 0.6 is 54.5 Å². The molecule has 0 fully saturated rings. The summed E-state index contributed by atoms with van der Waals surface area (Å²) in [5.74, 6) is 0.0418. The third-order valence-electron chi connectivity index (χ3n) is 2.70. The summed E-state index contributed by atoms with van der Waals surface area (Å²) in [7, 11) is 1.83. The Morgan fingerprint density at radius 3 is 2.59 bits per heavy atom. The lowest BCUT2D eigenvalue weighted by Crippen LogP contribution is -2.46. The molecule has 0 spiro atoms. The number of hydrogen-bond donors (Lipinski definition) is 0. The molecule has 0 radical (unpaired) electrons. The van der Waals surface area contributed by atoms with Crippen LogP contribution in [0.1, 0.15) is 24.2 Å². The molecule has 0 atom stereocenters. The van der Waals surface area contributed by atoms with Crippen molar-refractivity contribution in [2.24, 2.45) is 0 Å². The number of halogens is 3. The SMILES string of the molecule is CN(C(=O)c1cc(Br)ccc1I)C(C)(C)CBr. The number of rotatable bonds is 3. The molecule has 2 nitrogen and oxygen atoms in total. The highest BCUT2D eigenvalue weighted by atomic mass is 127. The highest BCUT2D eigenvalue weighted by Crippen LogP contribution is 2.23. The van der Waals surface area contributed by atoms with E-state index >= 15 is 0 Å². The number of nitrogens with zero attached hydrogens (tertiary/aromatic N) is 1. The number of alkyl halides is 1. The Bertz CT molecular complexity index is 435. The molecule has 0 aromatic heterocycles. The van der Waals surface area contributed by atoms with Crippen LogP contribution in [0.25, 0.3) is 0 Å². The maximum Gasteiger partial charge on any atom is 0.255 e. The molecule has 0 saturated carbocycles. The van der Waals surface area contributed by atoms with E-state index in [0.29, 0.717) is 0 Å². The molecule has 0 bridgehead atoms. The van der Waals surface area contributed by atoms with Gasteiger partial charge in [-0.2, -0.15) is 0 Å². The fraction of sp³-hybridized carbons (Fsp3) is 0.417. The van der Waals surface area contributed by atoms with Gasteiger partial charge in [0.25, 0.3) is 5.91 Å². The van der Waals surface area contributed by atoms with Gasteiger partial charge in [0.05, 0.1) is 5.56 Å². The summed E-state index contributed by atoms with van der Waals surface area (Å²) in [6.07, 6.45) is 0. The topological polar surface area (TPSA) is 20.3 Å². The molecule has 0 N–H and O–H groups in total. The van der Waals surface area contributed by atoms with Crippen molar-refractivity contribution in [3.05, 3.63) is 31.8 Å². The van der Waals surface area contributed by atoms with Crippen LogP contribution in [0.2, 0.25) is 0 Å². The summed E-state index contributed by atoms with van der Waals surface area (Å²) in [6, 6.07) is 5.74. The van der Waals surface area contributed by atoms with Crippen LogP contribution in [0.3, 0.4) is 0 Å². The van der Waals surface area contributed by atoms with Crippen molar-refractivity contribution < 1.29 is 4.79 Å². The van der Waals surface area contributed by atoms with E-state index in [-0.39, 0.29) is 11.4 Å². The Morgan fingerprint density at radius 1 is 1.47 bits per heavy atom. The predicted octanol–water partition coefficient (Wildman–Crippen LogP) is 4.30. The summed E-state index contributed by atoms with van der Waals surface area (Å²) >= 11 is 9.02. The van der Waals surface area contributed by atoms with Gasteiger partial charge in [0.1, 0.15) is 0 Å². The van der Waals surface area contributed by atoms with E-state index in [1.807, 2.05) is 39.1 Å². The first-order chi connectivity index (χ1) is 7.79. The zero-order chi connectivity index (χ0) is 13.2. The van der Waals surface area contributed by atoms with Gasteiger partial charge in [-0.1, -0.05) is 31.9 Å². The lowest BCUT2D eigenvalue weighted by atomic mass is 10.1. The van der Waals surface area contributed by atoms with Crippen molar-refractivity contribution in [2.75, 3.05) is 12.4 Å². The van der Waals surface area contributed by atoms with Crippen LogP contribution in [0, 0.1) is 3.57 Å². The van der Waals surface area contributed by atoms with Crippen LogP contribution in [0.5, 0.6) is 0 Å². The Balaban J connectivity index is 3.08. The zero-order valence-corrected chi connectivity index (χ0v) is 15.3. The summed E-state index contributed by atoms with van der Waals surface area (Å²) in [5, 5.41) is 0.743. The van der Waals surface area contributed by atoms with Crippen LogP contribution in [-0.2, 0) is 0 Å². The van der Waals surface area contributed by atoms with Gasteiger partial charge in [0.2, 0.25) is 0 Å². The maximum absolute atomic E-state index is 12.4. The minimum absolute atomic E-state index is 0.0418. The molecule has 0 aliphatic heterocycles. The first kappa shape index (κ1) is 15.4. The van der Waals surface area contributed by atoms with Gasteiger partial charge in [0, 0.05) is 26.0 Å². The number of amides is 1. The Kier molecular flexibility index (Phi) is 5.46. The Morgan fingerprint density at radius 2 is 2.06 bits per heavy atom. The van der Waals surface area contributed by atoms with Gasteiger partial charge in [-0.25, -0.2) is 0 Å². The first-order valence-corrected chi connectivity index (χ1v) is 8.08. The van der Waals surface area contributed by atoms with E-state index in [4.69, 9.17) is 0 Å². The second-order valence-electron chi connectivity index (χ2n) is 4.43. The fourth-order valence-corrected chi connectivity index (χ4v) is 2.51. The van der Waals surface area contributed by atoms with Crippen molar-refractivity contribution in [3.63, 3.8) is 0 Å². The lowest BCUT2D eigenvalue weighted by molar-refractivity contribution is 0.0662.